The van der Waals surface area contributed by atoms with Gasteiger partial charge in [-0.05, 0) is 32.9 Å². The van der Waals surface area contributed by atoms with E-state index in [4.69, 9.17) is 5.73 Å². The molecule has 3 nitrogen and oxygen atoms in total. The van der Waals surface area contributed by atoms with Crippen molar-refractivity contribution in [1.29, 1.82) is 0 Å². The Morgan fingerprint density at radius 1 is 1.36 bits per heavy atom. The predicted octanol–water partition coefficient (Wildman–Crippen LogP) is 1.63. The summed E-state index contributed by atoms with van der Waals surface area (Å²) < 4.78 is 0. The van der Waals surface area contributed by atoms with Crippen LogP contribution in [0.25, 0.3) is 0 Å². The SMILES string of the molecule is CCC(N)=NCC(C)N1CCCCC1. The molecule has 1 heterocycles. The molecule has 0 aromatic rings. The van der Waals surface area contributed by atoms with Crippen molar-refractivity contribution in [2.45, 2.75) is 45.6 Å². The topological polar surface area (TPSA) is 41.6 Å². The summed E-state index contributed by atoms with van der Waals surface area (Å²) in [6, 6.07) is 0.556. The van der Waals surface area contributed by atoms with Crippen LogP contribution in [0.2, 0.25) is 0 Å². The average Bonchev–Trinajstić information content (AvgIpc) is 2.26. The van der Waals surface area contributed by atoms with Gasteiger partial charge in [0, 0.05) is 12.5 Å². The second kappa shape index (κ2) is 6.02. The summed E-state index contributed by atoms with van der Waals surface area (Å²) in [4.78, 5) is 6.89. The highest BCUT2D eigenvalue weighted by molar-refractivity contribution is 5.79. The fraction of sp³-hybridized carbons (Fsp3) is 0.909. The molecule has 0 amide bonds. The molecule has 1 aliphatic heterocycles. The molecule has 1 fully saturated rings. The zero-order valence-corrected chi connectivity index (χ0v) is 9.50. The van der Waals surface area contributed by atoms with E-state index in [1.807, 2.05) is 6.92 Å². The zero-order chi connectivity index (χ0) is 10.4. The lowest BCUT2D eigenvalue weighted by atomic mass is 10.1. The monoisotopic (exact) mass is 197 g/mol. The van der Waals surface area contributed by atoms with Gasteiger partial charge in [-0.25, -0.2) is 0 Å². The summed E-state index contributed by atoms with van der Waals surface area (Å²) in [5.74, 6) is 0.786. The van der Waals surface area contributed by atoms with E-state index in [9.17, 15) is 0 Å². The molecular weight excluding hydrogens is 174 g/mol. The number of likely N-dealkylation sites (tertiary alicyclic amines) is 1. The van der Waals surface area contributed by atoms with E-state index in [2.05, 4.69) is 16.8 Å². The minimum Gasteiger partial charge on any atom is -0.387 e. The third-order valence-electron chi connectivity index (χ3n) is 2.93. The Labute approximate surface area is 87.4 Å². The normalized spacial score (nSPS) is 22.3. The fourth-order valence-corrected chi connectivity index (χ4v) is 1.84. The summed E-state index contributed by atoms with van der Waals surface area (Å²) in [6.07, 6.45) is 4.95. The Morgan fingerprint density at radius 2 is 2.00 bits per heavy atom. The second-order valence-electron chi connectivity index (χ2n) is 4.13. The van der Waals surface area contributed by atoms with Crippen molar-refractivity contribution in [2.24, 2.45) is 10.7 Å². The van der Waals surface area contributed by atoms with Crippen molar-refractivity contribution >= 4 is 5.84 Å². The molecule has 0 aromatic carbocycles. The largest absolute Gasteiger partial charge is 0.387 e. The Bertz CT molecular complexity index is 183. The first-order valence-electron chi connectivity index (χ1n) is 5.77. The molecule has 1 saturated heterocycles. The Hall–Kier alpha value is -0.570. The molecule has 0 aromatic heterocycles. The quantitative estimate of drug-likeness (QED) is 0.550. The number of rotatable bonds is 4. The van der Waals surface area contributed by atoms with Gasteiger partial charge in [-0.15, -0.1) is 0 Å². The van der Waals surface area contributed by atoms with E-state index < -0.39 is 0 Å². The zero-order valence-electron chi connectivity index (χ0n) is 9.50. The molecule has 1 atom stereocenters. The lowest BCUT2D eigenvalue weighted by Crippen LogP contribution is -2.39. The van der Waals surface area contributed by atoms with E-state index in [0.717, 1.165) is 18.8 Å². The van der Waals surface area contributed by atoms with Gasteiger partial charge in [-0.3, -0.25) is 9.89 Å². The summed E-state index contributed by atoms with van der Waals surface area (Å²) >= 11 is 0. The minimum atomic E-state index is 0.556. The molecule has 0 bridgehead atoms. The maximum Gasteiger partial charge on any atom is 0.0934 e. The maximum atomic E-state index is 5.68. The maximum absolute atomic E-state index is 5.68. The summed E-state index contributed by atoms with van der Waals surface area (Å²) in [6.45, 7) is 7.63. The second-order valence-corrected chi connectivity index (χ2v) is 4.13. The standard InChI is InChI=1S/C11H23N3/c1-3-11(12)13-9-10(2)14-7-5-4-6-8-14/h10H,3-9H2,1-2H3,(H2,12,13). The molecule has 3 heteroatoms. The highest BCUT2D eigenvalue weighted by atomic mass is 15.2. The van der Waals surface area contributed by atoms with Gasteiger partial charge in [0.1, 0.15) is 0 Å². The molecule has 1 unspecified atom stereocenters. The van der Waals surface area contributed by atoms with E-state index in [1.165, 1.54) is 32.4 Å². The summed E-state index contributed by atoms with van der Waals surface area (Å²) in [7, 11) is 0. The van der Waals surface area contributed by atoms with Crippen LogP contribution in [0.1, 0.15) is 39.5 Å². The van der Waals surface area contributed by atoms with Crippen LogP contribution in [-0.2, 0) is 0 Å². The van der Waals surface area contributed by atoms with Gasteiger partial charge in [-0.1, -0.05) is 13.3 Å². The first-order chi connectivity index (χ1) is 6.74. The van der Waals surface area contributed by atoms with Crippen LogP contribution in [0.3, 0.4) is 0 Å². The fourth-order valence-electron chi connectivity index (χ4n) is 1.84. The van der Waals surface area contributed by atoms with Crippen molar-refractivity contribution in [3.63, 3.8) is 0 Å². The number of hydrogen-bond acceptors (Lipinski definition) is 2. The summed E-state index contributed by atoms with van der Waals surface area (Å²) in [5, 5.41) is 0. The predicted molar refractivity (Wildman–Crippen MR) is 61.7 cm³/mol. The first kappa shape index (κ1) is 11.5. The number of aliphatic imine (C=N–C) groups is 1. The highest BCUT2D eigenvalue weighted by Crippen LogP contribution is 2.11. The lowest BCUT2D eigenvalue weighted by molar-refractivity contribution is 0.178. The molecule has 14 heavy (non-hydrogen) atoms. The van der Waals surface area contributed by atoms with Gasteiger partial charge >= 0.3 is 0 Å². The van der Waals surface area contributed by atoms with Crippen molar-refractivity contribution in [3.05, 3.63) is 0 Å². The van der Waals surface area contributed by atoms with Crippen molar-refractivity contribution < 1.29 is 0 Å². The van der Waals surface area contributed by atoms with Crippen LogP contribution >= 0.6 is 0 Å². The number of nitrogens with zero attached hydrogens (tertiary/aromatic N) is 2. The molecule has 0 spiro atoms. The molecule has 2 N–H and O–H groups in total. The van der Waals surface area contributed by atoms with Gasteiger partial charge in [0.15, 0.2) is 0 Å². The van der Waals surface area contributed by atoms with E-state index in [0.29, 0.717) is 6.04 Å². The van der Waals surface area contributed by atoms with E-state index >= 15 is 0 Å². The number of piperidine rings is 1. The van der Waals surface area contributed by atoms with Crippen LogP contribution in [0.4, 0.5) is 0 Å². The highest BCUT2D eigenvalue weighted by Gasteiger charge is 2.15. The molecule has 0 radical (unpaired) electrons. The van der Waals surface area contributed by atoms with Gasteiger partial charge in [0.05, 0.1) is 12.4 Å². The van der Waals surface area contributed by atoms with Gasteiger partial charge < -0.3 is 5.73 Å². The Morgan fingerprint density at radius 3 is 2.57 bits per heavy atom. The van der Waals surface area contributed by atoms with Gasteiger partial charge in [0.2, 0.25) is 0 Å². The van der Waals surface area contributed by atoms with Gasteiger partial charge in [-0.2, -0.15) is 0 Å². The molecular formula is C11H23N3. The number of hydrogen-bond donors (Lipinski definition) is 1. The summed E-state index contributed by atoms with van der Waals surface area (Å²) in [5.41, 5.74) is 5.68. The van der Waals surface area contributed by atoms with Crippen LogP contribution in [0.15, 0.2) is 4.99 Å². The Kier molecular flexibility index (Phi) is 4.94. The third-order valence-corrected chi connectivity index (χ3v) is 2.93. The molecule has 0 saturated carbocycles. The van der Waals surface area contributed by atoms with Crippen LogP contribution in [0, 0.1) is 0 Å². The van der Waals surface area contributed by atoms with Crippen LogP contribution in [-0.4, -0.2) is 36.4 Å². The third kappa shape index (κ3) is 3.66. The van der Waals surface area contributed by atoms with Crippen molar-refractivity contribution in [2.75, 3.05) is 19.6 Å². The van der Waals surface area contributed by atoms with E-state index in [1.54, 1.807) is 0 Å². The van der Waals surface area contributed by atoms with Crippen molar-refractivity contribution in [3.8, 4) is 0 Å². The smallest absolute Gasteiger partial charge is 0.0934 e. The number of amidine groups is 1. The molecule has 0 aliphatic carbocycles. The molecule has 82 valence electrons. The van der Waals surface area contributed by atoms with Gasteiger partial charge in [0.25, 0.3) is 0 Å². The average molecular weight is 197 g/mol. The van der Waals surface area contributed by atoms with Crippen LogP contribution in [0.5, 0.6) is 0 Å². The Balaban J connectivity index is 2.29. The first-order valence-corrected chi connectivity index (χ1v) is 5.77. The minimum absolute atomic E-state index is 0.556. The van der Waals surface area contributed by atoms with Crippen LogP contribution < -0.4 is 5.73 Å². The van der Waals surface area contributed by atoms with Crippen molar-refractivity contribution in [1.82, 2.24) is 4.90 Å². The number of nitrogens with two attached hydrogens (primary N) is 1. The lowest BCUT2D eigenvalue weighted by Gasteiger charge is -2.31. The molecule has 1 aliphatic rings. The molecule has 1 rings (SSSR count). The van der Waals surface area contributed by atoms with E-state index in [-0.39, 0.29) is 0 Å².